The first-order valence-electron chi connectivity index (χ1n) is 4.80. The van der Waals surface area contributed by atoms with Crippen LogP contribution >= 0.6 is 0 Å². The summed E-state index contributed by atoms with van der Waals surface area (Å²) in [6.45, 7) is -1.93. The van der Waals surface area contributed by atoms with Gasteiger partial charge in [-0.05, 0) is 12.1 Å². The lowest BCUT2D eigenvalue weighted by Gasteiger charge is -2.09. The fourth-order valence-electron chi connectivity index (χ4n) is 1.15. The molecule has 0 aromatic heterocycles. The highest BCUT2D eigenvalue weighted by molar-refractivity contribution is 5.92. The normalized spacial score (nSPS) is 11.4. The van der Waals surface area contributed by atoms with E-state index in [1.165, 1.54) is 0 Å². The molecule has 18 heavy (non-hydrogen) atoms. The lowest BCUT2D eigenvalue weighted by Crippen LogP contribution is -2.35. The third-order valence-electron chi connectivity index (χ3n) is 1.76. The molecule has 1 aromatic rings. The molecule has 0 spiro atoms. The number of alkyl halides is 3. The van der Waals surface area contributed by atoms with Crippen molar-refractivity contribution in [2.45, 2.75) is 6.18 Å². The molecule has 0 aliphatic heterocycles. The van der Waals surface area contributed by atoms with Gasteiger partial charge in [-0.25, -0.2) is 8.78 Å². The predicted molar refractivity (Wildman–Crippen MR) is 53.9 cm³/mol. The van der Waals surface area contributed by atoms with E-state index in [2.05, 4.69) is 5.32 Å². The minimum atomic E-state index is -4.43. The van der Waals surface area contributed by atoms with Crippen molar-refractivity contribution < 1.29 is 26.7 Å². The monoisotopic (exact) mass is 268 g/mol. The Hall–Kier alpha value is -1.70. The molecular formula is C10H9F5N2O. The van der Waals surface area contributed by atoms with Crippen LogP contribution in [0.1, 0.15) is 0 Å². The second kappa shape index (κ2) is 5.76. The maximum Gasteiger partial charge on any atom is 0.401 e. The lowest BCUT2D eigenvalue weighted by atomic mass is 10.3. The van der Waals surface area contributed by atoms with Crippen LogP contribution in [-0.2, 0) is 4.79 Å². The van der Waals surface area contributed by atoms with E-state index in [0.717, 1.165) is 12.1 Å². The number of carbonyl (C=O) groups is 1. The number of hydrogen-bond donors (Lipinski definition) is 2. The molecule has 3 nitrogen and oxygen atoms in total. The van der Waals surface area contributed by atoms with E-state index < -0.39 is 36.8 Å². The number of amides is 1. The van der Waals surface area contributed by atoms with Crippen molar-refractivity contribution in [2.24, 2.45) is 0 Å². The third kappa shape index (κ3) is 5.58. The van der Waals surface area contributed by atoms with Crippen molar-refractivity contribution in [3.63, 3.8) is 0 Å². The summed E-state index contributed by atoms with van der Waals surface area (Å²) in [5.41, 5.74) is -0.161. The summed E-state index contributed by atoms with van der Waals surface area (Å²) in [6.07, 6.45) is -4.43. The van der Waals surface area contributed by atoms with Gasteiger partial charge in [0.15, 0.2) is 0 Å². The van der Waals surface area contributed by atoms with E-state index in [1.807, 2.05) is 5.32 Å². The number of anilines is 1. The van der Waals surface area contributed by atoms with Gasteiger partial charge >= 0.3 is 6.18 Å². The van der Waals surface area contributed by atoms with Crippen LogP contribution in [0.4, 0.5) is 27.6 Å². The Morgan fingerprint density at radius 1 is 1.11 bits per heavy atom. The number of nitrogens with one attached hydrogen (secondary N) is 2. The van der Waals surface area contributed by atoms with Crippen molar-refractivity contribution in [2.75, 3.05) is 18.4 Å². The maximum absolute atomic E-state index is 12.7. The van der Waals surface area contributed by atoms with E-state index >= 15 is 0 Å². The fraction of sp³-hybridized carbons (Fsp3) is 0.300. The second-order valence-corrected chi connectivity index (χ2v) is 3.43. The molecule has 1 rings (SSSR count). The van der Waals surface area contributed by atoms with E-state index in [-0.39, 0.29) is 5.69 Å². The van der Waals surface area contributed by atoms with Crippen molar-refractivity contribution in [3.8, 4) is 0 Å². The molecule has 0 unspecified atom stereocenters. The first kappa shape index (κ1) is 14.4. The topological polar surface area (TPSA) is 41.1 Å². The fourth-order valence-corrected chi connectivity index (χ4v) is 1.15. The van der Waals surface area contributed by atoms with Gasteiger partial charge in [-0.15, -0.1) is 0 Å². The average Bonchev–Trinajstić information content (AvgIpc) is 2.12. The molecule has 0 radical (unpaired) electrons. The summed E-state index contributed by atoms with van der Waals surface area (Å²) < 4.78 is 60.7. The van der Waals surface area contributed by atoms with Crippen LogP contribution in [0.25, 0.3) is 0 Å². The highest BCUT2D eigenvalue weighted by Gasteiger charge is 2.26. The summed E-state index contributed by atoms with van der Waals surface area (Å²) >= 11 is 0. The molecule has 0 saturated heterocycles. The Morgan fingerprint density at radius 2 is 1.67 bits per heavy atom. The zero-order valence-electron chi connectivity index (χ0n) is 8.94. The first-order valence-corrected chi connectivity index (χ1v) is 4.80. The maximum atomic E-state index is 12.7. The molecule has 0 aliphatic rings. The highest BCUT2D eigenvalue weighted by atomic mass is 19.4. The van der Waals surface area contributed by atoms with E-state index in [4.69, 9.17) is 0 Å². The van der Waals surface area contributed by atoms with Crippen LogP contribution in [-0.4, -0.2) is 25.2 Å². The lowest BCUT2D eigenvalue weighted by molar-refractivity contribution is -0.126. The molecule has 2 N–H and O–H groups in total. The third-order valence-corrected chi connectivity index (χ3v) is 1.76. The molecule has 0 saturated carbocycles. The van der Waals surface area contributed by atoms with Gasteiger partial charge in [-0.3, -0.25) is 4.79 Å². The number of carbonyl (C=O) groups excluding carboxylic acids is 1. The Labute approximate surface area is 99.0 Å². The Kier molecular flexibility index (Phi) is 4.60. The Morgan fingerprint density at radius 3 is 2.17 bits per heavy atom. The zero-order chi connectivity index (χ0) is 13.8. The van der Waals surface area contributed by atoms with Gasteiger partial charge in [0, 0.05) is 11.8 Å². The number of rotatable bonds is 4. The van der Waals surface area contributed by atoms with Crippen LogP contribution in [0.15, 0.2) is 18.2 Å². The summed E-state index contributed by atoms with van der Waals surface area (Å²) in [7, 11) is 0. The minimum Gasteiger partial charge on any atom is -0.325 e. The predicted octanol–water partition coefficient (Wildman–Crippen LogP) is 2.06. The summed E-state index contributed by atoms with van der Waals surface area (Å²) in [4.78, 5) is 11.1. The molecule has 0 aliphatic carbocycles. The van der Waals surface area contributed by atoms with Gasteiger partial charge in [0.1, 0.15) is 11.6 Å². The second-order valence-electron chi connectivity index (χ2n) is 3.43. The van der Waals surface area contributed by atoms with Crippen LogP contribution in [0.5, 0.6) is 0 Å². The molecule has 0 bridgehead atoms. The molecular weight excluding hydrogens is 259 g/mol. The van der Waals surface area contributed by atoms with E-state index in [1.54, 1.807) is 0 Å². The van der Waals surface area contributed by atoms with Crippen LogP contribution in [0, 0.1) is 11.6 Å². The SMILES string of the molecule is O=C(CNCC(F)(F)F)Nc1cc(F)cc(F)c1. The Bertz CT molecular complexity index is 413. The number of benzene rings is 1. The van der Waals surface area contributed by atoms with Crippen molar-refractivity contribution in [1.29, 1.82) is 0 Å². The van der Waals surface area contributed by atoms with Gasteiger partial charge < -0.3 is 10.6 Å². The summed E-state index contributed by atoms with van der Waals surface area (Å²) in [6, 6.07) is 2.31. The smallest absolute Gasteiger partial charge is 0.325 e. The quantitative estimate of drug-likeness (QED) is 0.821. The van der Waals surface area contributed by atoms with Crippen LogP contribution in [0.3, 0.4) is 0 Å². The van der Waals surface area contributed by atoms with Crippen LogP contribution < -0.4 is 10.6 Å². The van der Waals surface area contributed by atoms with Gasteiger partial charge in [-0.1, -0.05) is 0 Å². The van der Waals surface area contributed by atoms with Crippen molar-refractivity contribution >= 4 is 11.6 Å². The van der Waals surface area contributed by atoms with Crippen LogP contribution in [0.2, 0.25) is 0 Å². The van der Waals surface area contributed by atoms with E-state index in [9.17, 15) is 26.7 Å². The molecule has 100 valence electrons. The van der Waals surface area contributed by atoms with Crippen molar-refractivity contribution in [1.82, 2.24) is 5.32 Å². The molecule has 0 heterocycles. The van der Waals surface area contributed by atoms with E-state index in [0.29, 0.717) is 6.07 Å². The van der Waals surface area contributed by atoms with Gasteiger partial charge in [-0.2, -0.15) is 13.2 Å². The summed E-state index contributed by atoms with van der Waals surface area (Å²) in [5, 5.41) is 3.91. The molecule has 0 atom stereocenters. The largest absolute Gasteiger partial charge is 0.401 e. The highest BCUT2D eigenvalue weighted by Crippen LogP contribution is 2.13. The number of hydrogen-bond acceptors (Lipinski definition) is 2. The van der Waals surface area contributed by atoms with Gasteiger partial charge in [0.2, 0.25) is 5.91 Å². The van der Waals surface area contributed by atoms with Crippen molar-refractivity contribution in [3.05, 3.63) is 29.8 Å². The summed E-state index contributed by atoms with van der Waals surface area (Å²) in [5.74, 6) is -2.62. The minimum absolute atomic E-state index is 0.161. The Balaban J connectivity index is 2.45. The standard InChI is InChI=1S/C10H9F5N2O/c11-6-1-7(12)3-8(2-6)17-9(18)4-16-5-10(13,14)15/h1-3,16H,4-5H2,(H,17,18). The molecule has 0 fully saturated rings. The number of halogens is 5. The van der Waals surface area contributed by atoms with Gasteiger partial charge in [0.05, 0.1) is 13.1 Å². The molecule has 1 amide bonds. The molecule has 8 heteroatoms. The zero-order valence-corrected chi connectivity index (χ0v) is 8.94. The average molecular weight is 268 g/mol. The molecule has 1 aromatic carbocycles. The first-order chi connectivity index (χ1) is 8.26. The van der Waals surface area contributed by atoms with Gasteiger partial charge in [0.25, 0.3) is 0 Å².